The Labute approximate surface area is 202 Å². The van der Waals surface area contributed by atoms with E-state index >= 15 is 0 Å². The van der Waals surface area contributed by atoms with Crippen LogP contribution in [0.5, 0.6) is 0 Å². The molecule has 0 nitrogen and oxygen atoms in total. The summed E-state index contributed by atoms with van der Waals surface area (Å²) in [7, 11) is -3.10. The summed E-state index contributed by atoms with van der Waals surface area (Å²) in [6, 6.07) is 21.5. The number of halogens is 6. The van der Waals surface area contributed by atoms with Gasteiger partial charge in [-0.3, -0.25) is 0 Å². The highest BCUT2D eigenvalue weighted by Crippen LogP contribution is 2.41. The second-order valence-corrected chi connectivity index (χ2v) is 12.3. The zero-order valence-corrected chi connectivity index (χ0v) is 20.2. The molecule has 0 spiro atoms. The Kier molecular flexibility index (Phi) is 8.26. The molecule has 0 bridgehead atoms. The van der Waals surface area contributed by atoms with E-state index < -0.39 is 61.4 Å². The van der Waals surface area contributed by atoms with Crippen molar-refractivity contribution in [1.29, 1.82) is 0 Å². The average molecular weight is 520 g/mol. The zero-order valence-electron chi connectivity index (χ0n) is 18.4. The Morgan fingerprint density at radius 1 is 0.457 bits per heavy atom. The molecule has 35 heavy (non-hydrogen) atoms. The predicted molar refractivity (Wildman–Crippen MR) is 132 cm³/mol. The molecule has 0 aliphatic carbocycles. The van der Waals surface area contributed by atoms with Crippen LogP contribution in [0.25, 0.3) is 0 Å². The van der Waals surface area contributed by atoms with Crippen molar-refractivity contribution in [3.05, 3.63) is 120 Å². The van der Waals surface area contributed by atoms with Gasteiger partial charge in [0.25, 0.3) is 0 Å². The Morgan fingerprint density at radius 3 is 1.17 bits per heavy atom. The van der Waals surface area contributed by atoms with Gasteiger partial charge in [-0.25, -0.2) is 26.3 Å². The van der Waals surface area contributed by atoms with E-state index in [1.807, 2.05) is 60.7 Å². The van der Waals surface area contributed by atoms with Gasteiger partial charge in [-0.15, -0.1) is 0 Å². The van der Waals surface area contributed by atoms with Crippen LogP contribution in [0.3, 0.4) is 0 Å². The van der Waals surface area contributed by atoms with Crippen molar-refractivity contribution in [2.45, 2.75) is 6.42 Å². The number of rotatable bonds is 8. The summed E-state index contributed by atoms with van der Waals surface area (Å²) in [5.41, 5.74) is 0. The summed E-state index contributed by atoms with van der Waals surface area (Å²) in [5, 5.41) is 1.04. The lowest BCUT2D eigenvalue weighted by Gasteiger charge is -2.23. The summed E-state index contributed by atoms with van der Waals surface area (Å²) in [5.74, 6) is -7.13. The molecule has 0 fully saturated rings. The van der Waals surface area contributed by atoms with Crippen LogP contribution >= 0.6 is 15.8 Å². The molecule has 4 aromatic carbocycles. The summed E-state index contributed by atoms with van der Waals surface area (Å²) in [4.78, 5) is 0. The monoisotopic (exact) mass is 520 g/mol. The third-order valence-electron chi connectivity index (χ3n) is 5.40. The van der Waals surface area contributed by atoms with Crippen LogP contribution in [0, 0.1) is 34.9 Å². The molecule has 0 amide bonds. The SMILES string of the molecule is Fc1cc(F)c(P(CCCP(c2ccccc2)c2ccccc2)c2c(F)cc(F)cc2F)c(F)c1. The molecule has 180 valence electrons. The van der Waals surface area contributed by atoms with Crippen molar-refractivity contribution in [3.63, 3.8) is 0 Å². The maximum absolute atomic E-state index is 14.7. The fourth-order valence-electron chi connectivity index (χ4n) is 3.93. The predicted octanol–water partition coefficient (Wildman–Crippen LogP) is 6.48. The van der Waals surface area contributed by atoms with Gasteiger partial charge >= 0.3 is 0 Å². The molecule has 4 rings (SSSR count). The minimum absolute atomic E-state index is 0.0345. The van der Waals surface area contributed by atoms with Crippen molar-refractivity contribution >= 4 is 37.1 Å². The first kappa shape index (κ1) is 25.4. The third kappa shape index (κ3) is 5.94. The van der Waals surface area contributed by atoms with Crippen LogP contribution in [-0.2, 0) is 0 Å². The molecule has 0 heterocycles. The molecule has 0 aliphatic rings. The Bertz CT molecular complexity index is 1150. The summed E-state index contributed by atoms with van der Waals surface area (Å²) < 4.78 is 86.0. The Hall–Kier alpha value is -2.68. The van der Waals surface area contributed by atoms with E-state index in [1.54, 1.807) is 0 Å². The number of benzene rings is 4. The molecule has 0 aromatic heterocycles. The topological polar surface area (TPSA) is 0 Å². The van der Waals surface area contributed by atoms with E-state index in [2.05, 4.69) is 0 Å². The van der Waals surface area contributed by atoms with Crippen LogP contribution in [0.1, 0.15) is 6.42 Å². The van der Waals surface area contributed by atoms with Gasteiger partial charge in [0.05, 0.1) is 10.6 Å². The molecule has 0 saturated heterocycles. The minimum atomic E-state index is -2.25. The molecule has 0 radical (unpaired) electrons. The Morgan fingerprint density at radius 2 is 0.800 bits per heavy atom. The van der Waals surface area contributed by atoms with Gasteiger partial charge in [-0.05, 0) is 45.2 Å². The van der Waals surface area contributed by atoms with E-state index in [1.165, 1.54) is 0 Å². The number of hydrogen-bond donors (Lipinski definition) is 0. The maximum atomic E-state index is 14.7. The third-order valence-corrected chi connectivity index (χ3v) is 10.7. The summed E-state index contributed by atoms with van der Waals surface area (Å²) in [6.07, 6.45) is 1.01. The molecule has 0 aliphatic heterocycles. The summed E-state index contributed by atoms with van der Waals surface area (Å²) >= 11 is 0. The van der Waals surface area contributed by atoms with E-state index in [9.17, 15) is 26.3 Å². The minimum Gasteiger partial charge on any atom is -0.207 e. The number of hydrogen-bond acceptors (Lipinski definition) is 0. The van der Waals surface area contributed by atoms with Crippen LogP contribution in [0.15, 0.2) is 84.9 Å². The highest BCUT2D eigenvalue weighted by molar-refractivity contribution is 7.74. The van der Waals surface area contributed by atoms with Crippen LogP contribution < -0.4 is 21.2 Å². The van der Waals surface area contributed by atoms with Gasteiger partial charge in [0, 0.05) is 24.3 Å². The van der Waals surface area contributed by atoms with Crippen molar-refractivity contribution in [1.82, 2.24) is 0 Å². The highest BCUT2D eigenvalue weighted by atomic mass is 31.1. The van der Waals surface area contributed by atoms with Gasteiger partial charge in [-0.1, -0.05) is 60.7 Å². The lowest BCUT2D eigenvalue weighted by atomic mass is 10.3. The standard InChI is InChI=1S/C27H20F6P2/c28-18-14-22(30)26(23(31)15-18)35(27-24(32)16-19(29)17-25(27)33)13-7-12-34(20-8-3-1-4-9-20)21-10-5-2-6-11-21/h1-6,8-11,14-17H,7,12-13H2. The smallest absolute Gasteiger partial charge is 0.137 e. The lowest BCUT2D eigenvalue weighted by molar-refractivity contribution is 0.552. The normalized spacial score (nSPS) is 11.4. The van der Waals surface area contributed by atoms with Crippen LogP contribution in [-0.4, -0.2) is 12.3 Å². The average Bonchev–Trinajstić information content (AvgIpc) is 2.81. The molecular formula is C27H20F6P2. The molecule has 0 N–H and O–H groups in total. The van der Waals surface area contributed by atoms with Gasteiger partial charge in [0.2, 0.25) is 0 Å². The van der Waals surface area contributed by atoms with Crippen molar-refractivity contribution in [2.75, 3.05) is 12.3 Å². The first-order chi connectivity index (χ1) is 16.8. The van der Waals surface area contributed by atoms with Gasteiger partial charge in [-0.2, -0.15) is 0 Å². The second-order valence-electron chi connectivity index (χ2n) is 7.76. The van der Waals surface area contributed by atoms with Gasteiger partial charge in [0.15, 0.2) is 0 Å². The van der Waals surface area contributed by atoms with Crippen molar-refractivity contribution in [3.8, 4) is 0 Å². The van der Waals surface area contributed by atoms with E-state index in [0.29, 0.717) is 36.8 Å². The fourth-order valence-corrected chi connectivity index (χ4v) is 8.97. The molecule has 0 saturated carbocycles. The molecule has 8 heteroatoms. The zero-order chi connectivity index (χ0) is 24.9. The van der Waals surface area contributed by atoms with Crippen molar-refractivity contribution in [2.24, 2.45) is 0 Å². The van der Waals surface area contributed by atoms with Crippen LogP contribution in [0.2, 0.25) is 0 Å². The first-order valence-electron chi connectivity index (χ1n) is 10.8. The van der Waals surface area contributed by atoms with E-state index in [-0.39, 0.29) is 6.16 Å². The first-order valence-corrected chi connectivity index (χ1v) is 13.8. The van der Waals surface area contributed by atoms with Gasteiger partial charge < -0.3 is 0 Å². The molecular weight excluding hydrogens is 500 g/mol. The lowest BCUT2D eigenvalue weighted by Crippen LogP contribution is -2.26. The molecule has 4 aromatic rings. The second kappa shape index (κ2) is 11.4. The quantitative estimate of drug-likeness (QED) is 0.184. The van der Waals surface area contributed by atoms with E-state index in [0.717, 1.165) is 10.6 Å². The summed E-state index contributed by atoms with van der Waals surface area (Å²) in [6.45, 7) is 0. The fraction of sp³-hybridized carbons (Fsp3) is 0.111. The largest absolute Gasteiger partial charge is 0.207 e. The Balaban J connectivity index is 1.69. The highest BCUT2D eigenvalue weighted by Gasteiger charge is 2.29. The van der Waals surface area contributed by atoms with Crippen LogP contribution in [0.4, 0.5) is 26.3 Å². The molecule has 0 unspecified atom stereocenters. The van der Waals surface area contributed by atoms with E-state index in [4.69, 9.17) is 0 Å². The maximum Gasteiger partial charge on any atom is 0.137 e. The molecule has 0 atom stereocenters. The van der Waals surface area contributed by atoms with Crippen molar-refractivity contribution < 1.29 is 26.3 Å². The van der Waals surface area contributed by atoms with Gasteiger partial charge in [0.1, 0.15) is 34.9 Å².